The second kappa shape index (κ2) is 8.59. The fourth-order valence-corrected chi connectivity index (χ4v) is 4.16. The van der Waals surface area contributed by atoms with E-state index in [0.717, 1.165) is 11.1 Å². The minimum absolute atomic E-state index is 0.0514. The van der Waals surface area contributed by atoms with Gasteiger partial charge < -0.3 is 9.47 Å². The molecule has 1 amide bonds. The minimum atomic E-state index is -0.105. The summed E-state index contributed by atoms with van der Waals surface area (Å²) in [5.74, 6) is 1.23. The van der Waals surface area contributed by atoms with Gasteiger partial charge in [0.05, 0.1) is 12.0 Å². The van der Waals surface area contributed by atoms with E-state index in [9.17, 15) is 4.79 Å². The molecule has 3 rings (SSSR count). The van der Waals surface area contributed by atoms with Crippen molar-refractivity contribution in [2.24, 2.45) is 0 Å². The molecule has 140 valence electrons. The lowest BCUT2D eigenvalue weighted by molar-refractivity contribution is -0.121. The van der Waals surface area contributed by atoms with E-state index in [2.05, 4.69) is 0 Å². The topological polar surface area (TPSA) is 38.8 Å². The highest BCUT2D eigenvalue weighted by molar-refractivity contribution is 8.26. The Morgan fingerprint density at radius 2 is 1.93 bits per heavy atom. The molecule has 4 nitrogen and oxygen atoms in total. The van der Waals surface area contributed by atoms with Crippen LogP contribution in [0, 0.1) is 0 Å². The van der Waals surface area contributed by atoms with Gasteiger partial charge in [-0.1, -0.05) is 60.4 Å². The molecule has 6 heteroatoms. The van der Waals surface area contributed by atoms with Gasteiger partial charge in [0.2, 0.25) is 0 Å². The quantitative estimate of drug-likeness (QED) is 0.502. The zero-order valence-electron chi connectivity index (χ0n) is 15.5. The molecule has 0 spiro atoms. The summed E-state index contributed by atoms with van der Waals surface area (Å²) in [6, 6.07) is 15.7. The maximum atomic E-state index is 12.4. The standard InChI is InChI=1S/C21H21NO3S2/c1-4-22-20(23)19(27-21(22)26)13-15-10-11-17(18(12-15)24-3)25-14(2)16-8-6-5-7-9-16/h5-14H,4H2,1-3H3/b19-13+/t14-/m0/s1. The summed E-state index contributed by atoms with van der Waals surface area (Å²) in [6.07, 6.45) is 1.73. The van der Waals surface area contributed by atoms with E-state index in [4.69, 9.17) is 21.7 Å². The number of nitrogens with zero attached hydrogens (tertiary/aromatic N) is 1. The van der Waals surface area contributed by atoms with Crippen LogP contribution < -0.4 is 9.47 Å². The first kappa shape index (κ1) is 19.5. The molecule has 1 saturated heterocycles. The Bertz CT molecular complexity index is 880. The highest BCUT2D eigenvalue weighted by atomic mass is 32.2. The molecule has 1 fully saturated rings. The van der Waals surface area contributed by atoms with Gasteiger partial charge in [-0.2, -0.15) is 0 Å². The monoisotopic (exact) mass is 399 g/mol. The Morgan fingerprint density at radius 1 is 1.19 bits per heavy atom. The van der Waals surface area contributed by atoms with E-state index in [1.807, 2.05) is 68.5 Å². The Kier molecular flexibility index (Phi) is 6.19. The number of rotatable bonds is 6. The first-order valence-corrected chi connectivity index (χ1v) is 9.91. The average molecular weight is 400 g/mol. The van der Waals surface area contributed by atoms with Crippen LogP contribution in [0.3, 0.4) is 0 Å². The SMILES string of the molecule is CCN1C(=O)/C(=C\c2ccc(O[C@@H](C)c3ccccc3)c(OC)c2)SC1=S. The van der Waals surface area contributed by atoms with Crippen LogP contribution in [0.25, 0.3) is 6.08 Å². The van der Waals surface area contributed by atoms with Gasteiger partial charge in [0.15, 0.2) is 11.5 Å². The number of amides is 1. The third kappa shape index (κ3) is 4.34. The Balaban J connectivity index is 1.82. The van der Waals surface area contributed by atoms with Crippen LogP contribution in [0.15, 0.2) is 53.4 Å². The molecule has 1 heterocycles. The zero-order chi connectivity index (χ0) is 19.4. The number of carbonyl (C=O) groups is 1. The highest BCUT2D eigenvalue weighted by Gasteiger charge is 2.30. The highest BCUT2D eigenvalue weighted by Crippen LogP contribution is 2.35. The van der Waals surface area contributed by atoms with E-state index < -0.39 is 0 Å². The van der Waals surface area contributed by atoms with E-state index in [1.54, 1.807) is 12.0 Å². The molecule has 0 radical (unpaired) electrons. The summed E-state index contributed by atoms with van der Waals surface area (Å²) in [5, 5.41) is 0. The smallest absolute Gasteiger partial charge is 0.266 e. The zero-order valence-corrected chi connectivity index (χ0v) is 17.1. The molecule has 0 bridgehead atoms. The van der Waals surface area contributed by atoms with Crippen LogP contribution in [0.4, 0.5) is 0 Å². The van der Waals surface area contributed by atoms with Gasteiger partial charge in [0.1, 0.15) is 10.4 Å². The lowest BCUT2D eigenvalue weighted by Crippen LogP contribution is -2.27. The molecular weight excluding hydrogens is 378 g/mol. The van der Waals surface area contributed by atoms with Crippen molar-refractivity contribution in [2.45, 2.75) is 20.0 Å². The van der Waals surface area contributed by atoms with Crippen molar-refractivity contribution in [3.05, 3.63) is 64.6 Å². The van der Waals surface area contributed by atoms with Crippen LogP contribution in [-0.2, 0) is 4.79 Å². The van der Waals surface area contributed by atoms with Gasteiger partial charge in [-0.05, 0) is 43.2 Å². The van der Waals surface area contributed by atoms with Crippen molar-refractivity contribution in [3.8, 4) is 11.5 Å². The molecule has 2 aromatic rings. The fourth-order valence-electron chi connectivity index (χ4n) is 2.78. The summed E-state index contributed by atoms with van der Waals surface area (Å²) < 4.78 is 12.2. The lowest BCUT2D eigenvalue weighted by Gasteiger charge is -2.17. The molecule has 0 saturated carbocycles. The van der Waals surface area contributed by atoms with E-state index in [0.29, 0.717) is 27.3 Å². The first-order chi connectivity index (χ1) is 13.0. The van der Waals surface area contributed by atoms with Crippen LogP contribution in [0.2, 0.25) is 0 Å². The third-order valence-electron chi connectivity index (χ3n) is 4.25. The summed E-state index contributed by atoms with van der Waals surface area (Å²) in [7, 11) is 1.61. The van der Waals surface area contributed by atoms with Crippen LogP contribution in [0.5, 0.6) is 11.5 Å². The molecule has 0 aromatic heterocycles. The van der Waals surface area contributed by atoms with Crippen molar-refractivity contribution in [1.82, 2.24) is 4.90 Å². The van der Waals surface area contributed by atoms with Gasteiger partial charge in [-0.25, -0.2) is 0 Å². The number of ether oxygens (including phenoxy) is 2. The van der Waals surface area contributed by atoms with Gasteiger partial charge in [-0.3, -0.25) is 9.69 Å². The second-order valence-electron chi connectivity index (χ2n) is 6.01. The minimum Gasteiger partial charge on any atom is -0.493 e. The number of carbonyl (C=O) groups excluding carboxylic acids is 1. The number of thioether (sulfide) groups is 1. The molecule has 0 aliphatic carbocycles. The van der Waals surface area contributed by atoms with Crippen LogP contribution in [-0.4, -0.2) is 28.8 Å². The normalized spacial score (nSPS) is 16.7. The largest absolute Gasteiger partial charge is 0.493 e. The molecule has 0 unspecified atom stereocenters. The Labute approximate surface area is 169 Å². The van der Waals surface area contributed by atoms with E-state index in [1.165, 1.54) is 11.8 Å². The van der Waals surface area contributed by atoms with Gasteiger partial charge in [0.25, 0.3) is 5.91 Å². The fraction of sp³-hybridized carbons (Fsp3) is 0.238. The van der Waals surface area contributed by atoms with Crippen molar-refractivity contribution < 1.29 is 14.3 Å². The average Bonchev–Trinajstić information content (AvgIpc) is 2.96. The summed E-state index contributed by atoms with van der Waals surface area (Å²) >= 11 is 6.58. The van der Waals surface area contributed by atoms with Gasteiger partial charge in [-0.15, -0.1) is 0 Å². The number of benzene rings is 2. The van der Waals surface area contributed by atoms with Crippen LogP contribution >= 0.6 is 24.0 Å². The number of methoxy groups -OCH3 is 1. The maximum Gasteiger partial charge on any atom is 0.266 e. The summed E-state index contributed by atoms with van der Waals surface area (Å²) in [4.78, 5) is 14.6. The van der Waals surface area contributed by atoms with Crippen LogP contribution in [0.1, 0.15) is 31.1 Å². The third-order valence-corrected chi connectivity index (χ3v) is 5.63. The first-order valence-electron chi connectivity index (χ1n) is 8.68. The van der Waals surface area contributed by atoms with Crippen molar-refractivity contribution in [1.29, 1.82) is 0 Å². The Morgan fingerprint density at radius 3 is 2.56 bits per heavy atom. The lowest BCUT2D eigenvalue weighted by atomic mass is 10.1. The molecule has 0 N–H and O–H groups in total. The molecule has 1 atom stereocenters. The Hall–Kier alpha value is -2.31. The summed E-state index contributed by atoms with van der Waals surface area (Å²) in [5.41, 5.74) is 1.95. The number of thiocarbonyl (C=S) groups is 1. The van der Waals surface area contributed by atoms with Gasteiger partial charge >= 0.3 is 0 Å². The van der Waals surface area contributed by atoms with Crippen molar-refractivity contribution >= 4 is 40.3 Å². The van der Waals surface area contributed by atoms with E-state index >= 15 is 0 Å². The van der Waals surface area contributed by atoms with Gasteiger partial charge in [0, 0.05) is 6.54 Å². The number of hydrogen-bond acceptors (Lipinski definition) is 5. The number of hydrogen-bond donors (Lipinski definition) is 0. The maximum absolute atomic E-state index is 12.4. The molecular formula is C21H21NO3S2. The summed E-state index contributed by atoms with van der Waals surface area (Å²) in [6.45, 7) is 4.49. The van der Waals surface area contributed by atoms with Crippen molar-refractivity contribution in [2.75, 3.05) is 13.7 Å². The van der Waals surface area contributed by atoms with Crippen molar-refractivity contribution in [3.63, 3.8) is 0 Å². The predicted molar refractivity (Wildman–Crippen MR) is 114 cm³/mol. The molecule has 1 aliphatic heterocycles. The molecule has 27 heavy (non-hydrogen) atoms. The predicted octanol–water partition coefficient (Wildman–Crippen LogP) is 5.06. The second-order valence-corrected chi connectivity index (χ2v) is 7.68. The molecule has 1 aliphatic rings. The van der Waals surface area contributed by atoms with E-state index in [-0.39, 0.29) is 12.0 Å². The molecule has 2 aromatic carbocycles. The number of likely N-dealkylation sites (N-methyl/N-ethyl adjacent to an activating group) is 1.